The number of hydrogen-bond acceptors (Lipinski definition) is 12. The molecule has 3 aliphatic carbocycles. The molecule has 6 rings (SSSR count). The molecular formula is C45H61N3O11. The summed E-state index contributed by atoms with van der Waals surface area (Å²) in [6.07, 6.45) is 10.2. The molecule has 2 aromatic rings. The quantitative estimate of drug-likeness (QED) is 0.0478. The lowest BCUT2D eigenvalue weighted by Gasteiger charge is -2.60. The van der Waals surface area contributed by atoms with Gasteiger partial charge >= 0.3 is 0 Å². The van der Waals surface area contributed by atoms with Gasteiger partial charge in [0.25, 0.3) is 5.69 Å². The molecule has 322 valence electrons. The molecule has 0 spiro atoms. The van der Waals surface area contributed by atoms with Gasteiger partial charge in [0, 0.05) is 49.6 Å². The summed E-state index contributed by atoms with van der Waals surface area (Å²) >= 11 is 0. The summed E-state index contributed by atoms with van der Waals surface area (Å²) in [6, 6.07) is 10.9. The Hall–Kier alpha value is -4.34. The molecule has 2 aromatic carbocycles. The number of nitro groups is 1. The van der Waals surface area contributed by atoms with Crippen LogP contribution in [0, 0.1) is 33.8 Å². The number of oxime groups is 1. The van der Waals surface area contributed by atoms with E-state index in [4.69, 9.17) is 28.9 Å². The van der Waals surface area contributed by atoms with Crippen LogP contribution in [0.15, 0.2) is 71.9 Å². The first-order chi connectivity index (χ1) is 28.4. The number of ether oxygens (including phenoxy) is 4. The first-order valence-corrected chi connectivity index (χ1v) is 21.1. The maximum atomic E-state index is 14.5. The predicted molar refractivity (Wildman–Crippen MR) is 221 cm³/mol. The van der Waals surface area contributed by atoms with Gasteiger partial charge < -0.3 is 44.0 Å². The largest absolute Gasteiger partial charge is 0.459 e. The van der Waals surface area contributed by atoms with Gasteiger partial charge in [-0.25, -0.2) is 0 Å². The van der Waals surface area contributed by atoms with Gasteiger partial charge in [0.05, 0.1) is 49.0 Å². The second kappa shape index (κ2) is 19.8. The van der Waals surface area contributed by atoms with E-state index in [2.05, 4.69) is 12.7 Å². The summed E-state index contributed by atoms with van der Waals surface area (Å²) in [5, 5.41) is 45.8. The highest BCUT2D eigenvalue weighted by molar-refractivity contribution is 6.03. The number of carbonyl (C=O) groups excluding carboxylic acids is 1. The van der Waals surface area contributed by atoms with Crippen LogP contribution in [-0.2, 0) is 19.1 Å². The fraction of sp³-hybridized carbons (Fsp3) is 0.600. The van der Waals surface area contributed by atoms with E-state index in [0.717, 1.165) is 49.7 Å². The fourth-order valence-electron chi connectivity index (χ4n) is 9.01. The van der Waals surface area contributed by atoms with Gasteiger partial charge in [-0.3, -0.25) is 14.9 Å². The number of benzene rings is 2. The molecule has 59 heavy (non-hydrogen) atoms. The van der Waals surface area contributed by atoms with E-state index >= 15 is 0 Å². The van der Waals surface area contributed by atoms with Crippen molar-refractivity contribution in [3.63, 3.8) is 0 Å². The van der Waals surface area contributed by atoms with Crippen molar-refractivity contribution in [1.29, 1.82) is 0 Å². The summed E-state index contributed by atoms with van der Waals surface area (Å²) in [5.74, 6) is -0.977. The third kappa shape index (κ3) is 10.3. The second-order valence-electron chi connectivity index (χ2n) is 17.0. The monoisotopic (exact) mass is 819 g/mol. The van der Waals surface area contributed by atoms with Crippen molar-refractivity contribution in [3.05, 3.63) is 82.4 Å². The van der Waals surface area contributed by atoms with E-state index in [1.165, 1.54) is 12.1 Å². The Bertz CT molecular complexity index is 1840. The van der Waals surface area contributed by atoms with Gasteiger partial charge in [0.15, 0.2) is 0 Å². The number of amides is 1. The molecule has 14 heteroatoms. The van der Waals surface area contributed by atoms with Crippen molar-refractivity contribution in [2.75, 3.05) is 46.2 Å². The van der Waals surface area contributed by atoms with Crippen LogP contribution in [0.4, 0.5) is 5.69 Å². The number of rotatable bonds is 22. The zero-order valence-electron chi connectivity index (χ0n) is 34.6. The average Bonchev–Trinajstić information content (AvgIpc) is 4.07. The first-order valence-electron chi connectivity index (χ1n) is 21.1. The standard InChI is InChI=1S/C45H61N3O11/c1-5-23-56-45-40(47(19-24-55-25-22-51)43(52)30-15-16-30)29-38(46-59-44(2,3)4)36-26-31(11-6-8-20-49)35(14-7-9-21-50)41(42(36)45)37-28-34(17-18-39(37)58-45)57-33-13-10-12-32(27-33)48(53)54/h5,10,12-13,17-18,26-28,30-31,35,40-42,49-51H,1,6-9,11,14-16,19-25,29H2,2-4H3/t31-,35+,40-,41+,42+,45+/m0/s1. The molecule has 14 nitrogen and oxygen atoms in total. The Labute approximate surface area is 347 Å². The molecule has 2 fully saturated rings. The third-order valence-corrected chi connectivity index (χ3v) is 11.6. The maximum Gasteiger partial charge on any atom is 0.273 e. The van der Waals surface area contributed by atoms with E-state index in [-0.39, 0.29) is 87.9 Å². The molecule has 0 aromatic heterocycles. The summed E-state index contributed by atoms with van der Waals surface area (Å²) < 4.78 is 26.4. The number of carbonyl (C=O) groups is 1. The minimum absolute atomic E-state index is 0.000386. The summed E-state index contributed by atoms with van der Waals surface area (Å²) in [6.45, 7) is 10.5. The lowest BCUT2D eigenvalue weighted by molar-refractivity contribution is -0.384. The molecule has 3 N–H and O–H groups in total. The second-order valence-corrected chi connectivity index (χ2v) is 17.0. The molecule has 0 radical (unpaired) electrons. The van der Waals surface area contributed by atoms with Crippen LogP contribution in [0.25, 0.3) is 0 Å². The van der Waals surface area contributed by atoms with Crippen molar-refractivity contribution in [1.82, 2.24) is 4.90 Å². The number of non-ortho nitro benzene ring substituents is 1. The molecule has 1 amide bonds. The van der Waals surface area contributed by atoms with Crippen LogP contribution in [-0.4, -0.2) is 100 Å². The fourth-order valence-corrected chi connectivity index (χ4v) is 9.01. The smallest absolute Gasteiger partial charge is 0.273 e. The molecule has 0 saturated heterocycles. The van der Waals surface area contributed by atoms with Gasteiger partial charge in [-0.2, -0.15) is 0 Å². The van der Waals surface area contributed by atoms with Crippen molar-refractivity contribution < 1.29 is 48.8 Å². The van der Waals surface area contributed by atoms with Crippen LogP contribution in [0.5, 0.6) is 17.2 Å². The Morgan fingerprint density at radius 2 is 1.78 bits per heavy atom. The highest BCUT2D eigenvalue weighted by Gasteiger charge is 2.66. The van der Waals surface area contributed by atoms with Crippen molar-refractivity contribution in [3.8, 4) is 17.2 Å². The van der Waals surface area contributed by atoms with E-state index < -0.39 is 28.3 Å². The van der Waals surface area contributed by atoms with Gasteiger partial charge in [0.2, 0.25) is 11.7 Å². The van der Waals surface area contributed by atoms with E-state index in [1.54, 1.807) is 24.3 Å². The van der Waals surface area contributed by atoms with Gasteiger partial charge in [0.1, 0.15) is 28.9 Å². The van der Waals surface area contributed by atoms with Crippen molar-refractivity contribution in [2.45, 2.75) is 102 Å². The lowest BCUT2D eigenvalue weighted by atomic mass is 9.55. The summed E-state index contributed by atoms with van der Waals surface area (Å²) in [7, 11) is 0. The van der Waals surface area contributed by atoms with Crippen LogP contribution in [0.1, 0.15) is 90.0 Å². The number of nitro benzene ring substituents is 1. The number of unbranched alkanes of at least 4 members (excludes halogenated alkanes) is 2. The van der Waals surface area contributed by atoms with Crippen LogP contribution in [0.3, 0.4) is 0 Å². The molecule has 6 atom stereocenters. The van der Waals surface area contributed by atoms with Gasteiger partial charge in [-0.15, -0.1) is 6.58 Å². The minimum atomic E-state index is -1.42. The van der Waals surface area contributed by atoms with E-state index in [1.807, 2.05) is 37.8 Å². The molecule has 1 aliphatic heterocycles. The third-order valence-electron chi connectivity index (χ3n) is 11.6. The Balaban J connectivity index is 1.58. The summed E-state index contributed by atoms with van der Waals surface area (Å²) in [4.78, 5) is 33.7. The maximum absolute atomic E-state index is 14.5. The predicted octanol–water partition coefficient (Wildman–Crippen LogP) is 7.07. The van der Waals surface area contributed by atoms with Crippen LogP contribution >= 0.6 is 0 Å². The number of nitrogens with zero attached hydrogens (tertiary/aromatic N) is 3. The Kier molecular flexibility index (Phi) is 14.9. The average molecular weight is 820 g/mol. The highest BCUT2D eigenvalue weighted by atomic mass is 16.7. The lowest BCUT2D eigenvalue weighted by Crippen LogP contribution is -2.70. The van der Waals surface area contributed by atoms with E-state index in [9.17, 15) is 30.2 Å². The number of hydrogen-bond donors (Lipinski definition) is 3. The highest BCUT2D eigenvalue weighted by Crippen LogP contribution is 2.62. The van der Waals surface area contributed by atoms with Crippen LogP contribution in [0.2, 0.25) is 0 Å². The van der Waals surface area contributed by atoms with Gasteiger partial charge in [-0.1, -0.05) is 36.2 Å². The first kappa shape index (κ1) is 44.2. The minimum Gasteiger partial charge on any atom is -0.459 e. The van der Waals surface area contributed by atoms with Crippen molar-refractivity contribution >= 4 is 17.3 Å². The SMILES string of the molecule is C=CCO[C@@]12Oc3ccc(Oc4cccc([N+](=O)[O-])c4)cc3[C@H]3[C@H](CCCCO)[C@@H](CCCCO)C=C(C(=NOC(C)(C)C)C[C@@H]1N(CCOCCO)C(=O)C1CC1)[C@H]32. The Morgan fingerprint density at radius 1 is 1.03 bits per heavy atom. The number of allylic oxidation sites excluding steroid dienone is 1. The molecular weight excluding hydrogens is 759 g/mol. The van der Waals surface area contributed by atoms with Crippen LogP contribution < -0.4 is 9.47 Å². The summed E-state index contributed by atoms with van der Waals surface area (Å²) in [5.41, 5.74) is 1.77. The topological polar surface area (TPSA) is 183 Å². The van der Waals surface area contributed by atoms with Gasteiger partial charge in [-0.05, 0) is 101 Å². The number of fused-ring (bicyclic) bond motifs is 2. The number of aliphatic hydroxyl groups is 3. The molecule has 0 unspecified atom stereocenters. The zero-order chi connectivity index (χ0) is 42.2. The zero-order valence-corrected chi connectivity index (χ0v) is 34.6. The Morgan fingerprint density at radius 3 is 2.46 bits per heavy atom. The molecule has 0 bridgehead atoms. The number of aliphatic hydroxyl groups excluding tert-OH is 3. The molecule has 2 saturated carbocycles. The normalized spacial score (nSPS) is 25.3. The van der Waals surface area contributed by atoms with E-state index in [0.29, 0.717) is 35.8 Å². The van der Waals surface area contributed by atoms with Crippen molar-refractivity contribution in [2.24, 2.45) is 28.8 Å². The molecule has 4 aliphatic rings. The molecule has 1 heterocycles.